The third kappa shape index (κ3) is 4.73. The van der Waals surface area contributed by atoms with E-state index in [1.54, 1.807) is 6.07 Å². The van der Waals surface area contributed by atoms with Gasteiger partial charge < -0.3 is 5.32 Å². The Morgan fingerprint density at radius 3 is 2.25 bits per heavy atom. The van der Waals surface area contributed by atoms with Gasteiger partial charge in [0, 0.05) is 39.3 Å². The zero-order chi connectivity index (χ0) is 20.1. The molecule has 150 valence electrons. The summed E-state index contributed by atoms with van der Waals surface area (Å²) >= 11 is 0. The topological polar surface area (TPSA) is 69.7 Å². The molecule has 1 amide bonds. The van der Waals surface area contributed by atoms with Gasteiger partial charge in [-0.15, -0.1) is 0 Å². The van der Waals surface area contributed by atoms with Crippen LogP contribution >= 0.6 is 0 Å². The van der Waals surface area contributed by atoms with Crippen LogP contribution in [0.2, 0.25) is 0 Å². The number of amides is 1. The first-order valence-electron chi connectivity index (χ1n) is 8.89. The Balaban J connectivity index is 1.47. The maximum Gasteiger partial charge on any atom is 0.254 e. The largest absolute Gasteiger partial charge is 0.351 e. The molecule has 2 aromatic carbocycles. The number of carbonyl (C=O) groups is 1. The van der Waals surface area contributed by atoms with E-state index >= 15 is 0 Å². The Bertz CT molecular complexity index is 928. The van der Waals surface area contributed by atoms with Gasteiger partial charge >= 0.3 is 0 Å². The molecule has 1 aliphatic heterocycles. The molecule has 2 aromatic rings. The molecule has 1 aliphatic rings. The van der Waals surface area contributed by atoms with E-state index < -0.39 is 27.6 Å². The fourth-order valence-corrected chi connectivity index (χ4v) is 4.44. The minimum Gasteiger partial charge on any atom is -0.351 e. The van der Waals surface area contributed by atoms with Crippen LogP contribution in [0.3, 0.4) is 0 Å². The normalized spacial score (nSPS) is 16.1. The maximum atomic E-state index is 13.6. The van der Waals surface area contributed by atoms with Crippen molar-refractivity contribution in [1.82, 2.24) is 14.5 Å². The summed E-state index contributed by atoms with van der Waals surface area (Å²) in [7, 11) is -3.65. The van der Waals surface area contributed by atoms with Gasteiger partial charge in [0.25, 0.3) is 5.91 Å². The van der Waals surface area contributed by atoms with Crippen LogP contribution in [0.1, 0.15) is 10.4 Å². The van der Waals surface area contributed by atoms with E-state index in [0.29, 0.717) is 39.3 Å². The van der Waals surface area contributed by atoms with Gasteiger partial charge in [0.1, 0.15) is 11.6 Å². The summed E-state index contributed by atoms with van der Waals surface area (Å²) in [5, 5.41) is 2.67. The van der Waals surface area contributed by atoms with Crippen LogP contribution in [0.5, 0.6) is 0 Å². The van der Waals surface area contributed by atoms with Crippen LogP contribution in [0, 0.1) is 11.6 Å². The van der Waals surface area contributed by atoms with Gasteiger partial charge in [0.05, 0.1) is 10.5 Å². The second-order valence-corrected chi connectivity index (χ2v) is 8.37. The predicted molar refractivity (Wildman–Crippen MR) is 100 cm³/mol. The van der Waals surface area contributed by atoms with Gasteiger partial charge in [0.2, 0.25) is 10.0 Å². The lowest BCUT2D eigenvalue weighted by atomic mass is 10.2. The number of nitrogens with zero attached hydrogens (tertiary/aromatic N) is 2. The Hall–Kier alpha value is -2.36. The lowest BCUT2D eigenvalue weighted by Gasteiger charge is -2.33. The molecule has 9 heteroatoms. The number of halogens is 2. The van der Waals surface area contributed by atoms with Crippen molar-refractivity contribution in [2.45, 2.75) is 4.90 Å². The van der Waals surface area contributed by atoms with Gasteiger partial charge in [-0.2, -0.15) is 4.31 Å². The average Bonchev–Trinajstić information content (AvgIpc) is 2.69. The molecule has 1 saturated heterocycles. The predicted octanol–water partition coefficient (Wildman–Crippen LogP) is 1.70. The number of nitrogens with one attached hydrogen (secondary N) is 1. The van der Waals surface area contributed by atoms with Crippen molar-refractivity contribution in [1.29, 1.82) is 0 Å². The number of piperazine rings is 1. The van der Waals surface area contributed by atoms with E-state index in [1.165, 1.54) is 34.6 Å². The summed E-state index contributed by atoms with van der Waals surface area (Å²) < 4.78 is 53.1. The highest BCUT2D eigenvalue weighted by Gasteiger charge is 2.28. The summed E-state index contributed by atoms with van der Waals surface area (Å²) in [6, 6.07) is 10.5. The number of sulfonamides is 1. The fourth-order valence-electron chi connectivity index (χ4n) is 3.02. The molecule has 0 spiro atoms. The van der Waals surface area contributed by atoms with Gasteiger partial charge in [0.15, 0.2) is 0 Å². The Kier molecular flexibility index (Phi) is 6.38. The van der Waals surface area contributed by atoms with E-state index in [1.807, 2.05) is 4.90 Å². The molecule has 0 atom stereocenters. The smallest absolute Gasteiger partial charge is 0.254 e. The van der Waals surface area contributed by atoms with Crippen molar-refractivity contribution in [2.24, 2.45) is 0 Å². The highest BCUT2D eigenvalue weighted by atomic mass is 32.2. The molecule has 0 unspecified atom stereocenters. The van der Waals surface area contributed by atoms with Gasteiger partial charge in [-0.25, -0.2) is 17.2 Å². The summed E-state index contributed by atoms with van der Waals surface area (Å²) in [6.07, 6.45) is 0. The molecule has 28 heavy (non-hydrogen) atoms. The Morgan fingerprint density at radius 2 is 1.61 bits per heavy atom. The van der Waals surface area contributed by atoms with Crippen LogP contribution in [-0.2, 0) is 10.0 Å². The van der Waals surface area contributed by atoms with Crippen LogP contribution in [-0.4, -0.2) is 62.8 Å². The molecule has 0 saturated carbocycles. The second-order valence-electron chi connectivity index (χ2n) is 6.44. The molecule has 1 N–H and O–H groups in total. The van der Waals surface area contributed by atoms with Crippen molar-refractivity contribution in [3.63, 3.8) is 0 Å². The highest BCUT2D eigenvalue weighted by molar-refractivity contribution is 7.89. The first-order valence-corrected chi connectivity index (χ1v) is 10.3. The van der Waals surface area contributed by atoms with E-state index in [0.717, 1.165) is 12.1 Å². The Morgan fingerprint density at radius 1 is 0.964 bits per heavy atom. The van der Waals surface area contributed by atoms with Gasteiger partial charge in [-0.1, -0.05) is 12.1 Å². The quantitative estimate of drug-likeness (QED) is 0.789. The number of benzene rings is 2. The maximum absolute atomic E-state index is 13.6. The molecule has 0 aromatic heterocycles. The third-order valence-corrected chi connectivity index (χ3v) is 6.53. The van der Waals surface area contributed by atoms with Crippen molar-refractivity contribution < 1.29 is 22.0 Å². The highest BCUT2D eigenvalue weighted by Crippen LogP contribution is 2.18. The monoisotopic (exact) mass is 409 g/mol. The summed E-state index contributed by atoms with van der Waals surface area (Å²) in [5.41, 5.74) is -0.00212. The standard InChI is InChI=1S/C19H21F2N3O3S/c20-15-5-7-16(8-6-15)28(26,27)24-13-11-23(12-14-24)10-9-22-19(25)17-3-1-2-4-18(17)21/h1-8H,9-14H2,(H,22,25). The minimum absolute atomic E-state index is 0.00212. The molecule has 1 fully saturated rings. The molecular formula is C19H21F2N3O3S. The molecule has 0 bridgehead atoms. The SMILES string of the molecule is O=C(NCCN1CCN(S(=O)(=O)c2ccc(F)cc2)CC1)c1ccccc1F. The third-order valence-electron chi connectivity index (χ3n) is 4.61. The van der Waals surface area contributed by atoms with E-state index in [4.69, 9.17) is 0 Å². The van der Waals surface area contributed by atoms with Crippen molar-refractivity contribution in [2.75, 3.05) is 39.3 Å². The number of hydrogen-bond donors (Lipinski definition) is 1. The lowest BCUT2D eigenvalue weighted by Crippen LogP contribution is -2.50. The zero-order valence-electron chi connectivity index (χ0n) is 15.1. The van der Waals surface area contributed by atoms with E-state index in [2.05, 4.69) is 5.32 Å². The molecule has 0 radical (unpaired) electrons. The number of hydrogen-bond acceptors (Lipinski definition) is 4. The molecule has 3 rings (SSSR count). The van der Waals surface area contributed by atoms with Crippen LogP contribution < -0.4 is 5.32 Å². The van der Waals surface area contributed by atoms with Crippen LogP contribution in [0.4, 0.5) is 8.78 Å². The summed E-state index contributed by atoms with van der Waals surface area (Å²) in [4.78, 5) is 14.1. The summed E-state index contributed by atoms with van der Waals surface area (Å²) in [5.74, 6) is -1.53. The van der Waals surface area contributed by atoms with Crippen molar-refractivity contribution >= 4 is 15.9 Å². The van der Waals surface area contributed by atoms with E-state index in [-0.39, 0.29) is 10.5 Å². The fraction of sp³-hybridized carbons (Fsp3) is 0.316. The molecular weight excluding hydrogens is 388 g/mol. The number of rotatable bonds is 6. The molecule has 6 nitrogen and oxygen atoms in total. The first-order chi connectivity index (χ1) is 13.4. The minimum atomic E-state index is -3.65. The second kappa shape index (κ2) is 8.76. The first kappa shape index (κ1) is 20.4. The van der Waals surface area contributed by atoms with Crippen LogP contribution in [0.25, 0.3) is 0 Å². The van der Waals surface area contributed by atoms with Gasteiger partial charge in [-0.05, 0) is 36.4 Å². The lowest BCUT2D eigenvalue weighted by molar-refractivity contribution is 0.0941. The zero-order valence-corrected chi connectivity index (χ0v) is 16.0. The van der Waals surface area contributed by atoms with Crippen LogP contribution in [0.15, 0.2) is 53.4 Å². The summed E-state index contributed by atoms with van der Waals surface area (Å²) in [6.45, 7) is 2.50. The molecule has 1 heterocycles. The van der Waals surface area contributed by atoms with Gasteiger partial charge in [-0.3, -0.25) is 9.69 Å². The number of carbonyl (C=O) groups excluding carboxylic acids is 1. The average molecular weight is 409 g/mol. The van der Waals surface area contributed by atoms with Crippen molar-refractivity contribution in [3.05, 3.63) is 65.7 Å². The molecule has 0 aliphatic carbocycles. The van der Waals surface area contributed by atoms with E-state index in [9.17, 15) is 22.0 Å². The van der Waals surface area contributed by atoms with Crippen molar-refractivity contribution in [3.8, 4) is 0 Å². The Labute approximate surface area is 162 Å².